The molecule has 0 aromatic carbocycles. The molecule has 10 heteroatoms. The van der Waals surface area contributed by atoms with Gasteiger partial charge in [-0.15, -0.1) is 0 Å². The number of halogens is 3. The Morgan fingerprint density at radius 3 is 2.37 bits per heavy atom. The van der Waals surface area contributed by atoms with Gasteiger partial charge in [0.15, 0.2) is 5.78 Å². The maximum absolute atomic E-state index is 12.6. The largest absolute Gasteiger partial charge is 0.411 e. The van der Waals surface area contributed by atoms with Crippen LogP contribution in [-0.2, 0) is 4.74 Å². The summed E-state index contributed by atoms with van der Waals surface area (Å²) in [5.74, 6) is -0.0832. The molecule has 0 saturated carbocycles. The molecule has 0 aliphatic carbocycles. The van der Waals surface area contributed by atoms with Gasteiger partial charge in [-0.1, -0.05) is 0 Å². The van der Waals surface area contributed by atoms with Crippen LogP contribution in [0.1, 0.15) is 40.1 Å². The summed E-state index contributed by atoms with van der Waals surface area (Å²) in [5.41, 5.74) is 0.972. The monoisotopic (exact) mass is 430 g/mol. The van der Waals surface area contributed by atoms with Gasteiger partial charge in [0.25, 0.3) is 5.91 Å². The smallest absolute Gasteiger partial charge is 0.372 e. The molecule has 168 valence electrons. The van der Waals surface area contributed by atoms with Crippen molar-refractivity contribution < 1.29 is 27.5 Å². The number of carbonyl (C=O) groups is 2. The van der Waals surface area contributed by atoms with Crippen molar-refractivity contribution in [3.63, 3.8) is 0 Å². The van der Waals surface area contributed by atoms with Crippen molar-refractivity contribution in [1.82, 2.24) is 19.7 Å². The first kappa shape index (κ1) is 22.8. The van der Waals surface area contributed by atoms with E-state index in [0.717, 1.165) is 52.1 Å². The number of hydrogen-bond donors (Lipinski definition) is 1. The number of nitrogens with zero attached hydrogens (tertiary/aromatic N) is 3. The Morgan fingerprint density at radius 2 is 1.70 bits per heavy atom. The van der Waals surface area contributed by atoms with E-state index in [9.17, 15) is 22.8 Å². The van der Waals surface area contributed by atoms with E-state index >= 15 is 0 Å². The molecule has 2 aliphatic heterocycles. The molecule has 3 heterocycles. The lowest BCUT2D eigenvalue weighted by Crippen LogP contribution is -2.48. The summed E-state index contributed by atoms with van der Waals surface area (Å²) < 4.78 is 40.7. The molecule has 0 bridgehead atoms. The Labute approximate surface area is 174 Å². The Morgan fingerprint density at radius 1 is 1.03 bits per heavy atom. The number of alkyl halides is 3. The highest BCUT2D eigenvalue weighted by Gasteiger charge is 2.27. The number of aromatic amines is 1. The zero-order valence-electron chi connectivity index (χ0n) is 17.0. The quantitative estimate of drug-likeness (QED) is 0.480. The average Bonchev–Trinajstić information content (AvgIpc) is 3.40. The molecule has 3 rings (SSSR count). The van der Waals surface area contributed by atoms with Crippen molar-refractivity contribution in [2.24, 2.45) is 0 Å². The minimum absolute atomic E-state index is 0.0271. The van der Waals surface area contributed by atoms with Crippen LogP contribution in [0.5, 0.6) is 0 Å². The third-order valence-corrected chi connectivity index (χ3v) is 5.49. The predicted molar refractivity (Wildman–Crippen MR) is 105 cm³/mol. The molecule has 0 atom stereocenters. The van der Waals surface area contributed by atoms with Crippen LogP contribution in [0.25, 0.3) is 0 Å². The van der Waals surface area contributed by atoms with E-state index in [1.807, 2.05) is 0 Å². The normalized spacial score (nSPS) is 18.8. The van der Waals surface area contributed by atoms with Crippen LogP contribution >= 0.6 is 0 Å². The number of Topliss-reactive ketones (excluding diaryl/α,β-unsaturated/α-hetero) is 1. The molecular formula is C20H29F3N4O3. The summed E-state index contributed by atoms with van der Waals surface area (Å²) in [4.78, 5) is 33.9. The van der Waals surface area contributed by atoms with Gasteiger partial charge in [-0.25, -0.2) is 0 Å². The van der Waals surface area contributed by atoms with Gasteiger partial charge in [0.05, 0.1) is 6.54 Å². The first-order chi connectivity index (χ1) is 14.3. The van der Waals surface area contributed by atoms with E-state index in [0.29, 0.717) is 24.2 Å². The van der Waals surface area contributed by atoms with Gasteiger partial charge in [0.2, 0.25) is 0 Å². The third kappa shape index (κ3) is 6.82. The van der Waals surface area contributed by atoms with Crippen molar-refractivity contribution in [1.29, 1.82) is 0 Å². The minimum Gasteiger partial charge on any atom is -0.372 e. The Kier molecular flexibility index (Phi) is 7.90. The molecule has 0 unspecified atom stereocenters. The van der Waals surface area contributed by atoms with Gasteiger partial charge in [0.1, 0.15) is 12.3 Å². The van der Waals surface area contributed by atoms with E-state index in [4.69, 9.17) is 0 Å². The fourth-order valence-corrected chi connectivity index (χ4v) is 3.81. The highest BCUT2D eigenvalue weighted by molar-refractivity contribution is 6.01. The zero-order valence-corrected chi connectivity index (χ0v) is 17.0. The number of rotatable bonds is 9. The van der Waals surface area contributed by atoms with Gasteiger partial charge < -0.3 is 19.5 Å². The lowest BCUT2D eigenvalue weighted by molar-refractivity contribution is -0.174. The standard InChI is InChI=1S/C20H29F3N4O3/c21-20(22,23)15-30-11-3-4-25-7-9-26(10-8-25)14-18(28)16-12-17(24-13-16)19(29)27-5-1-2-6-27/h12-13,24H,1-11,14-15H2. The summed E-state index contributed by atoms with van der Waals surface area (Å²) in [6, 6.07) is 1.64. The van der Waals surface area contributed by atoms with E-state index in [1.165, 1.54) is 0 Å². The first-order valence-corrected chi connectivity index (χ1v) is 10.4. The molecule has 2 aliphatic rings. The lowest BCUT2D eigenvalue weighted by atomic mass is 10.2. The molecular weight excluding hydrogens is 401 g/mol. The van der Waals surface area contributed by atoms with E-state index in [1.54, 1.807) is 17.2 Å². The number of piperazine rings is 1. The van der Waals surface area contributed by atoms with Crippen LogP contribution in [0.4, 0.5) is 13.2 Å². The second kappa shape index (κ2) is 10.4. The Balaban J connectivity index is 1.35. The van der Waals surface area contributed by atoms with Crippen LogP contribution in [0.3, 0.4) is 0 Å². The highest BCUT2D eigenvalue weighted by atomic mass is 19.4. The SMILES string of the molecule is O=C(CN1CCN(CCCOCC(F)(F)F)CC1)c1c[nH]c(C(=O)N2CCCC2)c1. The van der Waals surface area contributed by atoms with Crippen LogP contribution in [0.15, 0.2) is 12.3 Å². The molecule has 2 fully saturated rings. The van der Waals surface area contributed by atoms with Gasteiger partial charge >= 0.3 is 6.18 Å². The number of nitrogens with one attached hydrogen (secondary N) is 1. The van der Waals surface area contributed by atoms with Gasteiger partial charge in [0, 0.05) is 64.2 Å². The first-order valence-electron chi connectivity index (χ1n) is 10.4. The van der Waals surface area contributed by atoms with Crippen LogP contribution in [0.2, 0.25) is 0 Å². The van der Waals surface area contributed by atoms with Crippen molar-refractivity contribution in [3.05, 3.63) is 23.5 Å². The fraction of sp³-hybridized carbons (Fsp3) is 0.700. The molecule has 0 radical (unpaired) electrons. The second-order valence-electron chi connectivity index (χ2n) is 7.86. The molecule has 7 nitrogen and oxygen atoms in total. The number of hydrogen-bond acceptors (Lipinski definition) is 5. The number of ketones is 1. The maximum atomic E-state index is 12.6. The number of carbonyl (C=O) groups excluding carboxylic acids is 2. The van der Waals surface area contributed by atoms with Crippen LogP contribution in [0, 0.1) is 0 Å². The maximum Gasteiger partial charge on any atom is 0.411 e. The second-order valence-corrected chi connectivity index (χ2v) is 7.86. The summed E-state index contributed by atoms with van der Waals surface area (Å²) in [6.07, 6.45) is -0.0928. The number of ether oxygens (including phenoxy) is 1. The predicted octanol–water partition coefficient (Wildman–Crippen LogP) is 2.02. The summed E-state index contributed by atoms with van der Waals surface area (Å²) in [5, 5.41) is 0. The van der Waals surface area contributed by atoms with Gasteiger partial charge in [-0.05, 0) is 25.3 Å². The molecule has 0 spiro atoms. The molecule has 1 aromatic heterocycles. The summed E-state index contributed by atoms with van der Waals surface area (Å²) in [7, 11) is 0. The van der Waals surface area contributed by atoms with E-state index < -0.39 is 12.8 Å². The molecule has 2 saturated heterocycles. The van der Waals surface area contributed by atoms with Crippen molar-refractivity contribution in [3.8, 4) is 0 Å². The van der Waals surface area contributed by atoms with Crippen molar-refractivity contribution in [2.75, 3.05) is 65.6 Å². The topological polar surface area (TPSA) is 68.9 Å². The Bertz CT molecular complexity index is 708. The average molecular weight is 430 g/mol. The summed E-state index contributed by atoms with van der Waals surface area (Å²) in [6.45, 7) is 4.35. The van der Waals surface area contributed by atoms with Gasteiger partial charge in [-0.2, -0.15) is 13.2 Å². The third-order valence-electron chi connectivity index (χ3n) is 5.49. The van der Waals surface area contributed by atoms with E-state index in [2.05, 4.69) is 19.5 Å². The fourth-order valence-electron chi connectivity index (χ4n) is 3.81. The van der Waals surface area contributed by atoms with Crippen LogP contribution < -0.4 is 0 Å². The minimum atomic E-state index is -4.28. The molecule has 1 N–H and O–H groups in total. The van der Waals surface area contributed by atoms with Crippen molar-refractivity contribution >= 4 is 11.7 Å². The van der Waals surface area contributed by atoms with Crippen molar-refractivity contribution in [2.45, 2.75) is 25.4 Å². The number of amides is 1. The van der Waals surface area contributed by atoms with E-state index in [-0.39, 0.29) is 24.8 Å². The lowest BCUT2D eigenvalue weighted by Gasteiger charge is -2.34. The number of aromatic nitrogens is 1. The van der Waals surface area contributed by atoms with Gasteiger partial charge in [-0.3, -0.25) is 14.5 Å². The summed E-state index contributed by atoms with van der Waals surface area (Å²) >= 11 is 0. The van der Waals surface area contributed by atoms with Crippen LogP contribution in [-0.4, -0.2) is 103 Å². The molecule has 1 aromatic rings. The zero-order chi connectivity index (χ0) is 21.6. The molecule has 30 heavy (non-hydrogen) atoms. The number of H-pyrrole nitrogens is 1. The molecule has 1 amide bonds. The highest BCUT2D eigenvalue weighted by Crippen LogP contribution is 2.15. The number of likely N-dealkylation sites (tertiary alicyclic amines) is 1. The Hall–Kier alpha value is -1.91.